The lowest BCUT2D eigenvalue weighted by atomic mass is 10.1. The number of non-ortho nitro benzene ring substituents is 1. The Balaban J connectivity index is 1.70. The molecule has 1 amide bonds. The van der Waals surface area contributed by atoms with Gasteiger partial charge < -0.3 is 9.80 Å². The maximum atomic E-state index is 13.0. The standard InChI is InChI=1S/C20H21F3N4O5S/c1-33(31,32)26(17-6-3-7-18(13-17)27(29)30)14-19(28)25-10-8-24(9-11-25)16-5-2-4-15(12-16)20(21,22)23/h2-7,12-13H,8-11,14H2,1H3. The summed E-state index contributed by atoms with van der Waals surface area (Å²) in [5.41, 5.74) is -0.712. The fraction of sp³-hybridized carbons (Fsp3) is 0.350. The van der Waals surface area contributed by atoms with E-state index in [1.165, 1.54) is 29.2 Å². The summed E-state index contributed by atoms with van der Waals surface area (Å²) in [4.78, 5) is 26.3. The summed E-state index contributed by atoms with van der Waals surface area (Å²) < 4.78 is 64.2. The van der Waals surface area contributed by atoms with Crippen LogP contribution in [0.3, 0.4) is 0 Å². The molecule has 33 heavy (non-hydrogen) atoms. The Morgan fingerprint density at radius 3 is 2.30 bits per heavy atom. The van der Waals surface area contributed by atoms with Gasteiger partial charge in [0.2, 0.25) is 15.9 Å². The molecule has 0 saturated carbocycles. The first-order valence-electron chi connectivity index (χ1n) is 9.78. The molecule has 9 nitrogen and oxygen atoms in total. The van der Waals surface area contributed by atoms with E-state index in [9.17, 15) is 36.5 Å². The average molecular weight is 486 g/mol. The quantitative estimate of drug-likeness (QED) is 0.460. The third-order valence-electron chi connectivity index (χ3n) is 5.18. The van der Waals surface area contributed by atoms with Gasteiger partial charge in [-0.2, -0.15) is 13.2 Å². The third-order valence-corrected chi connectivity index (χ3v) is 6.32. The summed E-state index contributed by atoms with van der Waals surface area (Å²) in [5, 5.41) is 11.0. The van der Waals surface area contributed by atoms with Gasteiger partial charge in [-0.25, -0.2) is 8.42 Å². The zero-order chi connectivity index (χ0) is 24.4. The molecular formula is C20H21F3N4O5S. The van der Waals surface area contributed by atoms with E-state index in [4.69, 9.17) is 0 Å². The van der Waals surface area contributed by atoms with Crippen LogP contribution in [-0.2, 0) is 21.0 Å². The van der Waals surface area contributed by atoms with E-state index in [-0.39, 0.29) is 37.6 Å². The number of carbonyl (C=O) groups excluding carboxylic acids is 1. The van der Waals surface area contributed by atoms with E-state index in [0.29, 0.717) is 5.69 Å². The van der Waals surface area contributed by atoms with Crippen molar-refractivity contribution in [3.63, 3.8) is 0 Å². The maximum absolute atomic E-state index is 13.0. The minimum Gasteiger partial charge on any atom is -0.368 e. The van der Waals surface area contributed by atoms with Crippen LogP contribution in [0.2, 0.25) is 0 Å². The van der Waals surface area contributed by atoms with Crippen LogP contribution >= 0.6 is 0 Å². The summed E-state index contributed by atoms with van der Waals surface area (Å²) in [6.07, 6.45) is -3.57. The van der Waals surface area contributed by atoms with Crippen molar-refractivity contribution in [2.24, 2.45) is 0 Å². The van der Waals surface area contributed by atoms with Crippen LogP contribution in [0, 0.1) is 10.1 Å². The van der Waals surface area contributed by atoms with E-state index < -0.39 is 39.1 Å². The van der Waals surface area contributed by atoms with E-state index in [2.05, 4.69) is 0 Å². The summed E-state index contributed by atoms with van der Waals surface area (Å²) >= 11 is 0. The summed E-state index contributed by atoms with van der Waals surface area (Å²) in [5.74, 6) is -0.518. The van der Waals surface area contributed by atoms with Crippen molar-refractivity contribution >= 4 is 33.0 Å². The Morgan fingerprint density at radius 2 is 1.73 bits per heavy atom. The van der Waals surface area contributed by atoms with Gasteiger partial charge in [0.1, 0.15) is 6.54 Å². The summed E-state index contributed by atoms with van der Waals surface area (Å²) in [6.45, 7) is 0.346. The number of rotatable bonds is 6. The first-order valence-corrected chi connectivity index (χ1v) is 11.6. The molecule has 1 heterocycles. The SMILES string of the molecule is CS(=O)(=O)N(CC(=O)N1CCN(c2cccc(C(F)(F)F)c2)CC1)c1cccc([N+](=O)[O-])c1. The lowest BCUT2D eigenvalue weighted by Crippen LogP contribution is -2.52. The number of carbonyl (C=O) groups is 1. The minimum absolute atomic E-state index is 0.0114. The zero-order valence-electron chi connectivity index (χ0n) is 17.5. The lowest BCUT2D eigenvalue weighted by Gasteiger charge is -2.37. The molecule has 0 atom stereocenters. The van der Waals surface area contributed by atoms with Crippen LogP contribution < -0.4 is 9.21 Å². The van der Waals surface area contributed by atoms with Crippen molar-refractivity contribution in [3.8, 4) is 0 Å². The number of halogens is 3. The number of anilines is 2. The van der Waals surface area contributed by atoms with Crippen molar-refractivity contribution in [1.82, 2.24) is 4.90 Å². The second-order valence-corrected chi connectivity index (χ2v) is 9.37. The Hall–Kier alpha value is -3.35. The van der Waals surface area contributed by atoms with Crippen molar-refractivity contribution in [2.75, 3.05) is 48.2 Å². The molecule has 1 aliphatic heterocycles. The van der Waals surface area contributed by atoms with Crippen molar-refractivity contribution in [3.05, 3.63) is 64.2 Å². The van der Waals surface area contributed by atoms with E-state index in [0.717, 1.165) is 28.8 Å². The number of nitro groups is 1. The highest BCUT2D eigenvalue weighted by atomic mass is 32.2. The molecular weight excluding hydrogens is 465 g/mol. The predicted octanol–water partition coefficient (Wildman–Crippen LogP) is 2.73. The number of amides is 1. The lowest BCUT2D eigenvalue weighted by molar-refractivity contribution is -0.384. The molecule has 0 bridgehead atoms. The van der Waals surface area contributed by atoms with E-state index in [1.54, 1.807) is 11.0 Å². The van der Waals surface area contributed by atoms with Crippen LogP contribution in [0.25, 0.3) is 0 Å². The fourth-order valence-corrected chi connectivity index (χ4v) is 4.32. The normalized spacial score (nSPS) is 14.8. The Bertz CT molecular complexity index is 1150. The van der Waals surface area contributed by atoms with Gasteiger partial charge in [0, 0.05) is 44.0 Å². The number of sulfonamides is 1. The average Bonchev–Trinajstić information content (AvgIpc) is 2.76. The summed E-state index contributed by atoms with van der Waals surface area (Å²) in [6, 6.07) is 9.86. The molecule has 0 spiro atoms. The van der Waals surface area contributed by atoms with Gasteiger partial charge in [-0.15, -0.1) is 0 Å². The fourth-order valence-electron chi connectivity index (χ4n) is 3.48. The number of nitro benzene ring substituents is 1. The number of nitrogens with zero attached hydrogens (tertiary/aromatic N) is 4. The molecule has 13 heteroatoms. The van der Waals surface area contributed by atoms with Crippen LogP contribution in [-0.4, -0.2) is 63.1 Å². The van der Waals surface area contributed by atoms with Crippen LogP contribution in [0.1, 0.15) is 5.56 Å². The largest absolute Gasteiger partial charge is 0.416 e. The van der Waals surface area contributed by atoms with Crippen molar-refractivity contribution < 1.29 is 31.3 Å². The van der Waals surface area contributed by atoms with Gasteiger partial charge in [0.25, 0.3) is 5.69 Å². The van der Waals surface area contributed by atoms with Crippen molar-refractivity contribution in [1.29, 1.82) is 0 Å². The van der Waals surface area contributed by atoms with Crippen molar-refractivity contribution in [2.45, 2.75) is 6.18 Å². The molecule has 0 N–H and O–H groups in total. The van der Waals surface area contributed by atoms with Gasteiger partial charge in [0.05, 0.1) is 22.4 Å². The number of alkyl halides is 3. The number of hydrogen-bond donors (Lipinski definition) is 0. The number of hydrogen-bond acceptors (Lipinski definition) is 6. The van der Waals surface area contributed by atoms with Gasteiger partial charge in [-0.1, -0.05) is 12.1 Å². The monoisotopic (exact) mass is 486 g/mol. The highest BCUT2D eigenvalue weighted by Gasteiger charge is 2.32. The molecule has 0 aromatic heterocycles. The number of benzene rings is 2. The first-order chi connectivity index (χ1) is 15.4. The van der Waals surface area contributed by atoms with Crippen LogP contribution in [0.5, 0.6) is 0 Å². The maximum Gasteiger partial charge on any atom is 0.416 e. The second kappa shape index (κ2) is 9.25. The topological polar surface area (TPSA) is 104 Å². The summed E-state index contributed by atoms with van der Waals surface area (Å²) in [7, 11) is -3.92. The second-order valence-electron chi connectivity index (χ2n) is 7.46. The van der Waals surface area contributed by atoms with Gasteiger partial charge >= 0.3 is 6.18 Å². The molecule has 0 aliphatic carbocycles. The molecule has 0 unspecified atom stereocenters. The van der Waals surface area contributed by atoms with Crippen LogP contribution in [0.4, 0.5) is 30.2 Å². The van der Waals surface area contributed by atoms with Gasteiger partial charge in [0.15, 0.2) is 0 Å². The molecule has 178 valence electrons. The predicted molar refractivity (Wildman–Crippen MR) is 116 cm³/mol. The minimum atomic E-state index is -4.46. The highest BCUT2D eigenvalue weighted by Crippen LogP contribution is 2.32. The molecule has 1 saturated heterocycles. The third kappa shape index (κ3) is 5.92. The van der Waals surface area contributed by atoms with E-state index in [1.807, 2.05) is 0 Å². The Morgan fingerprint density at radius 1 is 1.09 bits per heavy atom. The molecule has 0 radical (unpaired) electrons. The van der Waals surface area contributed by atoms with Gasteiger partial charge in [-0.3, -0.25) is 19.2 Å². The zero-order valence-corrected chi connectivity index (χ0v) is 18.3. The van der Waals surface area contributed by atoms with Crippen LogP contribution in [0.15, 0.2) is 48.5 Å². The number of piperazine rings is 1. The molecule has 2 aromatic rings. The molecule has 3 rings (SSSR count). The smallest absolute Gasteiger partial charge is 0.368 e. The molecule has 1 fully saturated rings. The molecule has 2 aromatic carbocycles. The molecule has 1 aliphatic rings. The Labute approximate surface area is 188 Å². The van der Waals surface area contributed by atoms with Gasteiger partial charge in [-0.05, 0) is 24.3 Å². The Kier molecular flexibility index (Phi) is 6.81. The first kappa shape index (κ1) is 24.3. The highest BCUT2D eigenvalue weighted by molar-refractivity contribution is 7.92. The van der Waals surface area contributed by atoms with E-state index >= 15 is 0 Å².